The van der Waals surface area contributed by atoms with Crippen LogP contribution in [0.25, 0.3) is 0 Å². The van der Waals surface area contributed by atoms with Crippen LogP contribution in [0.2, 0.25) is 0 Å². The average Bonchev–Trinajstić information content (AvgIpc) is 2.30. The Hall–Kier alpha value is -1.51. The number of carbonyl (C=O) groups is 1. The van der Waals surface area contributed by atoms with Gasteiger partial charge in [-0.25, -0.2) is 0 Å². The summed E-state index contributed by atoms with van der Waals surface area (Å²) in [6.07, 6.45) is 4.06. The molecular weight excluding hydrogens is 216 g/mol. The smallest absolute Gasteiger partial charge is 0.302 e. The lowest BCUT2D eigenvalue weighted by molar-refractivity contribution is -0.147. The molecule has 3 nitrogen and oxygen atoms in total. The molecule has 0 bridgehead atoms. The summed E-state index contributed by atoms with van der Waals surface area (Å²) < 4.78 is 5.22. The lowest BCUT2D eigenvalue weighted by Crippen LogP contribution is -2.22. The number of aromatic hydroxyl groups is 1. The standard InChI is InChI=1S/C14H18O3/c1-10(15)17-14-8-4-12(5-9-14)11-2-6-13(16)7-3-11/h2-3,6-7,12,14,16H,4-5,8-9H2,1H3. The third-order valence-corrected chi connectivity index (χ3v) is 3.37. The molecule has 1 aromatic rings. The zero-order valence-corrected chi connectivity index (χ0v) is 10.1. The fourth-order valence-electron chi connectivity index (χ4n) is 2.50. The van der Waals surface area contributed by atoms with Crippen molar-refractivity contribution < 1.29 is 14.6 Å². The van der Waals surface area contributed by atoms with E-state index in [9.17, 15) is 9.90 Å². The maximum absolute atomic E-state index is 10.9. The first-order chi connectivity index (χ1) is 8.15. The van der Waals surface area contributed by atoms with E-state index >= 15 is 0 Å². The third kappa shape index (κ3) is 3.22. The van der Waals surface area contributed by atoms with Crippen molar-refractivity contribution in [3.63, 3.8) is 0 Å². The number of esters is 1. The van der Waals surface area contributed by atoms with Gasteiger partial charge in [0, 0.05) is 6.92 Å². The van der Waals surface area contributed by atoms with Gasteiger partial charge in [-0.05, 0) is 49.3 Å². The van der Waals surface area contributed by atoms with E-state index in [2.05, 4.69) is 0 Å². The predicted molar refractivity (Wildman–Crippen MR) is 64.9 cm³/mol. The van der Waals surface area contributed by atoms with Gasteiger partial charge in [-0.2, -0.15) is 0 Å². The van der Waals surface area contributed by atoms with Crippen molar-refractivity contribution in [2.75, 3.05) is 0 Å². The van der Waals surface area contributed by atoms with Crippen LogP contribution in [0, 0.1) is 0 Å². The van der Waals surface area contributed by atoms with Crippen LogP contribution in [0.15, 0.2) is 24.3 Å². The molecule has 0 saturated heterocycles. The highest BCUT2D eigenvalue weighted by Crippen LogP contribution is 2.34. The molecule has 0 aliphatic heterocycles. The first-order valence-electron chi connectivity index (χ1n) is 6.11. The summed E-state index contributed by atoms with van der Waals surface area (Å²) in [5.41, 5.74) is 1.27. The highest BCUT2D eigenvalue weighted by atomic mass is 16.5. The van der Waals surface area contributed by atoms with E-state index < -0.39 is 0 Å². The summed E-state index contributed by atoms with van der Waals surface area (Å²) in [7, 11) is 0. The van der Waals surface area contributed by atoms with E-state index in [1.807, 2.05) is 12.1 Å². The van der Waals surface area contributed by atoms with E-state index in [4.69, 9.17) is 4.74 Å². The molecule has 0 aromatic heterocycles. The zero-order valence-electron chi connectivity index (χ0n) is 10.1. The molecule has 0 amide bonds. The minimum atomic E-state index is -0.182. The van der Waals surface area contributed by atoms with Gasteiger partial charge in [0.1, 0.15) is 11.9 Å². The Bertz CT molecular complexity index is 375. The first-order valence-corrected chi connectivity index (χ1v) is 6.11. The van der Waals surface area contributed by atoms with Crippen LogP contribution >= 0.6 is 0 Å². The largest absolute Gasteiger partial charge is 0.508 e. The van der Waals surface area contributed by atoms with Crippen molar-refractivity contribution >= 4 is 5.97 Å². The number of hydrogen-bond donors (Lipinski definition) is 1. The van der Waals surface area contributed by atoms with Crippen molar-refractivity contribution in [1.82, 2.24) is 0 Å². The molecule has 0 spiro atoms. The number of hydrogen-bond acceptors (Lipinski definition) is 3. The van der Waals surface area contributed by atoms with Gasteiger partial charge in [0.15, 0.2) is 0 Å². The summed E-state index contributed by atoms with van der Waals surface area (Å²) in [5.74, 6) is 0.655. The lowest BCUT2D eigenvalue weighted by Gasteiger charge is -2.28. The highest BCUT2D eigenvalue weighted by Gasteiger charge is 2.23. The van der Waals surface area contributed by atoms with Gasteiger partial charge in [-0.3, -0.25) is 4.79 Å². The van der Waals surface area contributed by atoms with E-state index in [-0.39, 0.29) is 12.1 Å². The summed E-state index contributed by atoms with van der Waals surface area (Å²) in [4.78, 5) is 10.9. The van der Waals surface area contributed by atoms with E-state index in [0.717, 1.165) is 25.7 Å². The average molecular weight is 234 g/mol. The number of rotatable bonds is 2. The fraction of sp³-hybridized carbons (Fsp3) is 0.500. The molecule has 0 heterocycles. The molecule has 17 heavy (non-hydrogen) atoms. The van der Waals surface area contributed by atoms with Crippen LogP contribution in [0.1, 0.15) is 44.1 Å². The Morgan fingerprint density at radius 2 is 1.76 bits per heavy atom. The predicted octanol–water partition coefficient (Wildman–Crippen LogP) is 2.98. The van der Waals surface area contributed by atoms with E-state index in [1.165, 1.54) is 12.5 Å². The Balaban J connectivity index is 1.90. The van der Waals surface area contributed by atoms with Crippen LogP contribution in [-0.2, 0) is 9.53 Å². The minimum Gasteiger partial charge on any atom is -0.508 e. The topological polar surface area (TPSA) is 46.5 Å². The third-order valence-electron chi connectivity index (χ3n) is 3.37. The maximum Gasteiger partial charge on any atom is 0.302 e. The number of ether oxygens (including phenoxy) is 1. The van der Waals surface area contributed by atoms with Gasteiger partial charge in [0.05, 0.1) is 0 Å². The minimum absolute atomic E-state index is 0.0980. The maximum atomic E-state index is 10.9. The van der Waals surface area contributed by atoms with Gasteiger partial charge >= 0.3 is 5.97 Å². The molecule has 1 aliphatic rings. The summed E-state index contributed by atoms with van der Waals surface area (Å²) >= 11 is 0. The van der Waals surface area contributed by atoms with Crippen molar-refractivity contribution in [1.29, 1.82) is 0 Å². The second-order valence-corrected chi connectivity index (χ2v) is 4.67. The van der Waals surface area contributed by atoms with Crippen LogP contribution in [0.4, 0.5) is 0 Å². The Kier molecular flexibility index (Phi) is 3.67. The van der Waals surface area contributed by atoms with Crippen LogP contribution < -0.4 is 0 Å². The number of phenolic OH excluding ortho intramolecular Hbond substituents is 1. The SMILES string of the molecule is CC(=O)OC1CCC(c2ccc(O)cc2)CC1. The van der Waals surface area contributed by atoms with Gasteiger partial charge < -0.3 is 9.84 Å². The van der Waals surface area contributed by atoms with Gasteiger partial charge in [-0.1, -0.05) is 12.1 Å². The quantitative estimate of drug-likeness (QED) is 0.800. The second kappa shape index (κ2) is 5.21. The molecule has 3 heteroatoms. The Labute approximate surface area is 101 Å². The monoisotopic (exact) mass is 234 g/mol. The van der Waals surface area contributed by atoms with Gasteiger partial charge in [-0.15, -0.1) is 0 Å². The number of carbonyl (C=O) groups excluding carboxylic acids is 1. The molecule has 1 aliphatic carbocycles. The highest BCUT2D eigenvalue weighted by molar-refractivity contribution is 5.66. The van der Waals surface area contributed by atoms with Gasteiger partial charge in [0.2, 0.25) is 0 Å². The number of benzene rings is 1. The molecule has 0 unspecified atom stereocenters. The van der Waals surface area contributed by atoms with E-state index in [0.29, 0.717) is 11.7 Å². The van der Waals surface area contributed by atoms with Crippen molar-refractivity contribution in [2.45, 2.75) is 44.6 Å². The molecule has 0 atom stereocenters. The van der Waals surface area contributed by atoms with Crippen molar-refractivity contribution in [3.05, 3.63) is 29.8 Å². The zero-order chi connectivity index (χ0) is 12.3. The van der Waals surface area contributed by atoms with Crippen LogP contribution in [0.3, 0.4) is 0 Å². The first kappa shape index (κ1) is 12.0. The molecule has 1 N–H and O–H groups in total. The Morgan fingerprint density at radius 3 is 2.29 bits per heavy atom. The van der Waals surface area contributed by atoms with E-state index in [1.54, 1.807) is 12.1 Å². The molecule has 1 fully saturated rings. The molecule has 0 radical (unpaired) electrons. The van der Waals surface area contributed by atoms with Crippen molar-refractivity contribution in [3.8, 4) is 5.75 Å². The normalized spacial score (nSPS) is 24.3. The molecule has 2 rings (SSSR count). The molecule has 1 aromatic carbocycles. The van der Waals surface area contributed by atoms with Crippen LogP contribution in [-0.4, -0.2) is 17.2 Å². The Morgan fingerprint density at radius 1 is 1.18 bits per heavy atom. The number of phenols is 1. The second-order valence-electron chi connectivity index (χ2n) is 4.67. The lowest BCUT2D eigenvalue weighted by atomic mass is 9.83. The van der Waals surface area contributed by atoms with Crippen molar-refractivity contribution in [2.24, 2.45) is 0 Å². The fourth-order valence-corrected chi connectivity index (χ4v) is 2.50. The summed E-state index contributed by atoms with van der Waals surface area (Å²) in [6.45, 7) is 1.46. The van der Waals surface area contributed by atoms with Crippen LogP contribution in [0.5, 0.6) is 5.75 Å². The molecular formula is C14H18O3. The summed E-state index contributed by atoms with van der Waals surface area (Å²) in [5, 5.41) is 9.24. The van der Waals surface area contributed by atoms with Gasteiger partial charge in [0.25, 0.3) is 0 Å². The summed E-state index contributed by atoms with van der Waals surface area (Å²) in [6, 6.07) is 7.42. The molecule has 92 valence electrons. The molecule has 1 saturated carbocycles.